The molecule has 20 heavy (non-hydrogen) atoms. The van der Waals surface area contributed by atoms with Crippen LogP contribution < -0.4 is 10.1 Å². The number of nitrogens with one attached hydrogen (secondary N) is 1. The number of nitrogens with zero attached hydrogens (tertiary/aromatic N) is 2. The fourth-order valence-electron chi connectivity index (χ4n) is 2.91. The van der Waals surface area contributed by atoms with E-state index in [-0.39, 0.29) is 0 Å². The second-order valence-corrected chi connectivity index (χ2v) is 5.92. The van der Waals surface area contributed by atoms with Crippen molar-refractivity contribution in [3.8, 4) is 5.75 Å². The number of pyridine rings is 1. The van der Waals surface area contributed by atoms with Crippen molar-refractivity contribution in [2.24, 2.45) is 5.92 Å². The van der Waals surface area contributed by atoms with E-state index in [1.54, 1.807) is 7.11 Å². The minimum atomic E-state index is 0.804. The highest BCUT2D eigenvalue weighted by Gasteiger charge is 2.16. The Morgan fingerprint density at radius 2 is 2.05 bits per heavy atom. The fourth-order valence-corrected chi connectivity index (χ4v) is 2.91. The van der Waals surface area contributed by atoms with Gasteiger partial charge < -0.3 is 15.0 Å². The molecule has 1 N–H and O–H groups in total. The number of hydrogen-bond acceptors (Lipinski definition) is 4. The molecular weight excluding hydrogens is 250 g/mol. The molecule has 1 aliphatic rings. The summed E-state index contributed by atoms with van der Waals surface area (Å²) in [5.74, 6) is 1.77. The summed E-state index contributed by atoms with van der Waals surface area (Å²) in [6.07, 6.45) is 4.50. The van der Waals surface area contributed by atoms with Gasteiger partial charge in [-0.05, 0) is 59.3 Å². The van der Waals surface area contributed by atoms with Crippen LogP contribution in [0.3, 0.4) is 0 Å². The molecule has 0 unspecified atom stereocenters. The molecule has 0 amide bonds. The summed E-state index contributed by atoms with van der Waals surface area (Å²) in [4.78, 5) is 6.94. The van der Waals surface area contributed by atoms with Crippen molar-refractivity contribution >= 4 is 0 Å². The van der Waals surface area contributed by atoms with Crippen molar-refractivity contribution in [3.63, 3.8) is 0 Å². The Bertz CT molecular complexity index is 440. The number of ether oxygens (including phenoxy) is 1. The monoisotopic (exact) mass is 277 g/mol. The first kappa shape index (κ1) is 15.3. The average Bonchev–Trinajstić information content (AvgIpc) is 2.44. The third-order valence-electron chi connectivity index (χ3n) is 4.31. The molecule has 2 rings (SSSR count). The van der Waals surface area contributed by atoms with Crippen molar-refractivity contribution < 1.29 is 4.74 Å². The first-order valence-electron chi connectivity index (χ1n) is 7.50. The first-order valence-corrected chi connectivity index (χ1v) is 7.50. The molecule has 0 bridgehead atoms. The van der Waals surface area contributed by atoms with Gasteiger partial charge in [0, 0.05) is 23.9 Å². The lowest BCUT2D eigenvalue weighted by Crippen LogP contribution is -2.35. The van der Waals surface area contributed by atoms with Crippen molar-refractivity contribution in [2.75, 3.05) is 33.8 Å². The van der Waals surface area contributed by atoms with E-state index in [2.05, 4.69) is 29.2 Å². The maximum Gasteiger partial charge on any atom is 0.128 e. The molecule has 0 aromatic carbocycles. The van der Waals surface area contributed by atoms with E-state index < -0.39 is 0 Å². The highest BCUT2D eigenvalue weighted by molar-refractivity contribution is 5.40. The molecule has 112 valence electrons. The van der Waals surface area contributed by atoms with Gasteiger partial charge in [0.1, 0.15) is 5.75 Å². The van der Waals surface area contributed by atoms with Crippen molar-refractivity contribution in [1.82, 2.24) is 15.2 Å². The first-order chi connectivity index (χ1) is 9.61. The predicted octanol–water partition coefficient (Wildman–Crippen LogP) is 2.14. The molecule has 4 nitrogen and oxygen atoms in total. The van der Waals surface area contributed by atoms with Gasteiger partial charge in [0.2, 0.25) is 0 Å². The van der Waals surface area contributed by atoms with Crippen LogP contribution in [-0.2, 0) is 6.54 Å². The SMILES string of the molecule is COc1c(C)cnc(CNCC2CCN(C)CC2)c1C. The van der Waals surface area contributed by atoms with Gasteiger partial charge in [-0.25, -0.2) is 0 Å². The number of aryl methyl sites for hydroxylation is 1. The number of piperidine rings is 1. The quantitative estimate of drug-likeness (QED) is 0.895. The molecule has 1 saturated heterocycles. The summed E-state index contributed by atoms with van der Waals surface area (Å²) in [5.41, 5.74) is 3.35. The topological polar surface area (TPSA) is 37.4 Å². The zero-order valence-corrected chi connectivity index (χ0v) is 13.2. The van der Waals surface area contributed by atoms with Crippen LogP contribution in [0, 0.1) is 19.8 Å². The van der Waals surface area contributed by atoms with E-state index in [0.29, 0.717) is 0 Å². The Morgan fingerprint density at radius 1 is 1.35 bits per heavy atom. The van der Waals surface area contributed by atoms with Gasteiger partial charge >= 0.3 is 0 Å². The third kappa shape index (κ3) is 3.70. The van der Waals surface area contributed by atoms with E-state index in [9.17, 15) is 0 Å². The summed E-state index contributed by atoms with van der Waals surface area (Å²) in [6, 6.07) is 0. The zero-order chi connectivity index (χ0) is 14.5. The summed E-state index contributed by atoms with van der Waals surface area (Å²) in [6.45, 7) is 8.49. The van der Waals surface area contributed by atoms with E-state index in [0.717, 1.165) is 41.6 Å². The number of likely N-dealkylation sites (tertiary alicyclic amines) is 1. The van der Waals surface area contributed by atoms with Crippen LogP contribution in [0.5, 0.6) is 5.75 Å². The largest absolute Gasteiger partial charge is 0.496 e. The van der Waals surface area contributed by atoms with Crippen LogP contribution in [-0.4, -0.2) is 43.7 Å². The van der Waals surface area contributed by atoms with Crippen LogP contribution in [0.2, 0.25) is 0 Å². The molecule has 0 aliphatic carbocycles. The lowest BCUT2D eigenvalue weighted by Gasteiger charge is -2.29. The van der Waals surface area contributed by atoms with Gasteiger partial charge in [-0.15, -0.1) is 0 Å². The molecule has 2 heterocycles. The smallest absolute Gasteiger partial charge is 0.128 e. The van der Waals surface area contributed by atoms with E-state index in [4.69, 9.17) is 4.74 Å². The van der Waals surface area contributed by atoms with E-state index in [1.807, 2.05) is 13.1 Å². The van der Waals surface area contributed by atoms with Gasteiger partial charge in [0.05, 0.1) is 12.8 Å². The van der Waals surface area contributed by atoms with Crippen LogP contribution in [0.4, 0.5) is 0 Å². The fraction of sp³-hybridized carbons (Fsp3) is 0.688. The van der Waals surface area contributed by atoms with Crippen LogP contribution >= 0.6 is 0 Å². The van der Waals surface area contributed by atoms with Crippen molar-refractivity contribution in [1.29, 1.82) is 0 Å². The second-order valence-electron chi connectivity index (χ2n) is 5.92. The molecule has 1 aliphatic heterocycles. The molecule has 4 heteroatoms. The normalized spacial score (nSPS) is 17.4. The lowest BCUT2D eigenvalue weighted by atomic mass is 9.97. The minimum Gasteiger partial charge on any atom is -0.496 e. The molecule has 0 saturated carbocycles. The van der Waals surface area contributed by atoms with Crippen molar-refractivity contribution in [2.45, 2.75) is 33.2 Å². The van der Waals surface area contributed by atoms with Gasteiger partial charge in [-0.1, -0.05) is 0 Å². The van der Waals surface area contributed by atoms with Gasteiger partial charge in [-0.2, -0.15) is 0 Å². The Morgan fingerprint density at radius 3 is 2.70 bits per heavy atom. The number of methoxy groups -OCH3 is 1. The molecule has 0 atom stereocenters. The third-order valence-corrected chi connectivity index (χ3v) is 4.31. The highest BCUT2D eigenvalue weighted by Crippen LogP contribution is 2.24. The van der Waals surface area contributed by atoms with Gasteiger partial charge in [0.25, 0.3) is 0 Å². The maximum absolute atomic E-state index is 5.45. The van der Waals surface area contributed by atoms with Crippen LogP contribution in [0.25, 0.3) is 0 Å². The Labute approximate surface area is 122 Å². The lowest BCUT2D eigenvalue weighted by molar-refractivity contribution is 0.216. The number of aromatic nitrogens is 1. The molecule has 1 aromatic heterocycles. The molecule has 1 aromatic rings. The highest BCUT2D eigenvalue weighted by atomic mass is 16.5. The summed E-state index contributed by atoms with van der Waals surface area (Å²) in [7, 11) is 3.93. The van der Waals surface area contributed by atoms with Gasteiger partial charge in [0.15, 0.2) is 0 Å². The summed E-state index contributed by atoms with van der Waals surface area (Å²) in [5, 5.41) is 3.56. The average molecular weight is 277 g/mol. The standard InChI is InChI=1S/C16H27N3O/c1-12-9-18-15(13(2)16(12)20-4)11-17-10-14-5-7-19(3)8-6-14/h9,14,17H,5-8,10-11H2,1-4H3. The molecular formula is C16H27N3O. The van der Waals surface area contributed by atoms with E-state index >= 15 is 0 Å². The minimum absolute atomic E-state index is 0.804. The number of rotatable bonds is 5. The Kier molecular flexibility index (Phi) is 5.38. The summed E-state index contributed by atoms with van der Waals surface area (Å²) < 4.78 is 5.45. The Balaban J connectivity index is 1.85. The van der Waals surface area contributed by atoms with Crippen LogP contribution in [0.15, 0.2) is 6.20 Å². The zero-order valence-electron chi connectivity index (χ0n) is 13.2. The van der Waals surface area contributed by atoms with Gasteiger partial charge in [-0.3, -0.25) is 4.98 Å². The number of hydrogen-bond donors (Lipinski definition) is 1. The van der Waals surface area contributed by atoms with E-state index in [1.165, 1.54) is 25.9 Å². The molecule has 1 fully saturated rings. The predicted molar refractivity (Wildman–Crippen MR) is 82.2 cm³/mol. The molecule has 0 spiro atoms. The van der Waals surface area contributed by atoms with Crippen LogP contribution in [0.1, 0.15) is 29.7 Å². The Hall–Kier alpha value is -1.13. The summed E-state index contributed by atoms with van der Waals surface area (Å²) >= 11 is 0. The second kappa shape index (κ2) is 7.04. The maximum atomic E-state index is 5.45. The molecule has 0 radical (unpaired) electrons. The van der Waals surface area contributed by atoms with Crippen molar-refractivity contribution in [3.05, 3.63) is 23.0 Å².